The zero-order valence-electron chi connectivity index (χ0n) is 13.9. The number of halogens is 1. The molecule has 0 radical (unpaired) electrons. The lowest BCUT2D eigenvalue weighted by Gasteiger charge is -2.15. The molecule has 4 nitrogen and oxygen atoms in total. The van der Waals surface area contributed by atoms with E-state index in [0.29, 0.717) is 17.3 Å². The summed E-state index contributed by atoms with van der Waals surface area (Å²) in [6.45, 7) is 2.37. The van der Waals surface area contributed by atoms with Crippen LogP contribution in [0.1, 0.15) is 16.7 Å². The predicted octanol–water partition coefficient (Wildman–Crippen LogP) is 3.62. The lowest BCUT2D eigenvalue weighted by molar-refractivity contribution is 0.242. The first-order chi connectivity index (χ1) is 12.1. The van der Waals surface area contributed by atoms with Gasteiger partial charge in [-0.25, -0.2) is 4.98 Å². The number of nitrogens with zero attached hydrogens (tertiary/aromatic N) is 1. The molecule has 0 spiro atoms. The van der Waals surface area contributed by atoms with Crippen LogP contribution in [-0.2, 0) is 13.0 Å². The van der Waals surface area contributed by atoms with Gasteiger partial charge in [0, 0.05) is 40.1 Å². The van der Waals surface area contributed by atoms with E-state index in [2.05, 4.69) is 0 Å². The van der Waals surface area contributed by atoms with Gasteiger partial charge in [0.2, 0.25) is 0 Å². The van der Waals surface area contributed by atoms with Gasteiger partial charge in [-0.2, -0.15) is 0 Å². The van der Waals surface area contributed by atoms with Gasteiger partial charge in [-0.15, -0.1) is 0 Å². The van der Waals surface area contributed by atoms with E-state index in [1.165, 1.54) is 0 Å². The van der Waals surface area contributed by atoms with E-state index >= 15 is 0 Å². The minimum absolute atomic E-state index is 0.0491. The van der Waals surface area contributed by atoms with Crippen molar-refractivity contribution in [2.75, 3.05) is 6.54 Å². The Morgan fingerprint density at radius 3 is 2.92 bits per heavy atom. The van der Waals surface area contributed by atoms with E-state index in [-0.39, 0.29) is 12.7 Å². The standard InChI is InChI=1S/C20H19ClN2O2/c1-11-3-2-4-12-5-14(10-24)19(23-18(11)12)17-8-15(21)6-13-7-16(9-22)25-20(13)17/h2-6,8,16,24H,7,9-10,22H2,1H3/t16-/m0/s1. The molecule has 1 aromatic heterocycles. The van der Waals surface area contributed by atoms with Gasteiger partial charge < -0.3 is 15.6 Å². The number of aryl methyl sites for hydroxylation is 1. The fourth-order valence-electron chi connectivity index (χ4n) is 3.45. The quantitative estimate of drug-likeness (QED) is 0.753. The van der Waals surface area contributed by atoms with Crippen LogP contribution in [0.3, 0.4) is 0 Å². The summed E-state index contributed by atoms with van der Waals surface area (Å²) in [5.74, 6) is 0.773. The van der Waals surface area contributed by atoms with E-state index < -0.39 is 0 Å². The third-order valence-electron chi connectivity index (χ3n) is 4.68. The second-order valence-electron chi connectivity index (χ2n) is 6.42. The van der Waals surface area contributed by atoms with Crippen LogP contribution in [0, 0.1) is 6.92 Å². The molecule has 3 aromatic rings. The SMILES string of the molecule is Cc1cccc2cc(CO)c(-c3cc(Cl)cc4c3O[C@H](CN)C4)nc12. The lowest BCUT2D eigenvalue weighted by atomic mass is 9.99. The highest BCUT2D eigenvalue weighted by atomic mass is 35.5. The number of nitrogens with two attached hydrogens (primary N) is 1. The van der Waals surface area contributed by atoms with Crippen molar-refractivity contribution in [1.29, 1.82) is 0 Å². The van der Waals surface area contributed by atoms with Crippen LogP contribution in [0.2, 0.25) is 5.02 Å². The van der Waals surface area contributed by atoms with Crippen molar-refractivity contribution < 1.29 is 9.84 Å². The Kier molecular flexibility index (Phi) is 4.12. The molecule has 0 unspecified atom stereocenters. The topological polar surface area (TPSA) is 68.4 Å². The maximum atomic E-state index is 9.89. The van der Waals surface area contributed by atoms with E-state index in [1.54, 1.807) is 0 Å². The normalized spacial score (nSPS) is 16.1. The van der Waals surface area contributed by atoms with E-state index in [4.69, 9.17) is 27.1 Å². The summed E-state index contributed by atoms with van der Waals surface area (Å²) in [6.07, 6.45) is 0.687. The number of aliphatic hydroxyl groups is 1. The number of fused-ring (bicyclic) bond motifs is 2. The molecule has 128 valence electrons. The van der Waals surface area contributed by atoms with Crippen molar-refractivity contribution in [3.8, 4) is 17.0 Å². The van der Waals surface area contributed by atoms with Gasteiger partial charge in [-0.1, -0.05) is 29.8 Å². The van der Waals surface area contributed by atoms with Crippen LogP contribution in [0.25, 0.3) is 22.2 Å². The highest BCUT2D eigenvalue weighted by molar-refractivity contribution is 6.31. The highest BCUT2D eigenvalue weighted by Crippen LogP contribution is 2.42. The minimum Gasteiger partial charge on any atom is -0.488 e. The average Bonchev–Trinajstić information content (AvgIpc) is 3.03. The molecule has 2 aromatic carbocycles. The maximum Gasteiger partial charge on any atom is 0.132 e. The first kappa shape index (κ1) is 16.3. The van der Waals surface area contributed by atoms with Gasteiger partial charge in [0.25, 0.3) is 0 Å². The number of benzene rings is 2. The van der Waals surface area contributed by atoms with Crippen LogP contribution >= 0.6 is 11.6 Å². The number of hydrogen-bond donors (Lipinski definition) is 2. The van der Waals surface area contributed by atoms with Crippen LogP contribution in [0.5, 0.6) is 5.75 Å². The molecule has 1 aliphatic rings. The number of aliphatic hydroxyl groups excluding tert-OH is 1. The average molecular weight is 355 g/mol. The van der Waals surface area contributed by atoms with Gasteiger partial charge in [0.1, 0.15) is 11.9 Å². The fourth-order valence-corrected chi connectivity index (χ4v) is 3.69. The number of pyridine rings is 1. The van der Waals surface area contributed by atoms with Crippen LogP contribution < -0.4 is 10.5 Å². The molecular weight excluding hydrogens is 336 g/mol. The molecule has 0 bridgehead atoms. The molecular formula is C20H19ClN2O2. The molecule has 1 aliphatic heterocycles. The molecule has 0 amide bonds. The zero-order chi connectivity index (χ0) is 17.6. The predicted molar refractivity (Wildman–Crippen MR) is 100 cm³/mol. The number of ether oxygens (including phenoxy) is 1. The summed E-state index contributed by atoms with van der Waals surface area (Å²) in [5.41, 5.74) is 11.1. The molecule has 4 rings (SSSR count). The van der Waals surface area contributed by atoms with Crippen molar-refractivity contribution >= 4 is 22.5 Å². The third kappa shape index (κ3) is 2.76. The number of para-hydroxylation sites is 1. The highest BCUT2D eigenvalue weighted by Gasteiger charge is 2.27. The van der Waals surface area contributed by atoms with Gasteiger partial charge in [0.05, 0.1) is 17.8 Å². The summed E-state index contributed by atoms with van der Waals surface area (Å²) in [5, 5.41) is 11.5. The van der Waals surface area contributed by atoms with Gasteiger partial charge in [0.15, 0.2) is 0 Å². The third-order valence-corrected chi connectivity index (χ3v) is 4.90. The molecule has 2 heterocycles. The monoisotopic (exact) mass is 354 g/mol. The molecule has 25 heavy (non-hydrogen) atoms. The summed E-state index contributed by atoms with van der Waals surface area (Å²) < 4.78 is 6.03. The summed E-state index contributed by atoms with van der Waals surface area (Å²) >= 11 is 6.34. The van der Waals surface area contributed by atoms with Crippen LogP contribution in [-0.4, -0.2) is 22.7 Å². The first-order valence-electron chi connectivity index (χ1n) is 8.30. The van der Waals surface area contributed by atoms with Gasteiger partial charge in [-0.3, -0.25) is 0 Å². The second kappa shape index (κ2) is 6.30. The Morgan fingerprint density at radius 1 is 1.32 bits per heavy atom. The molecule has 1 atom stereocenters. The van der Waals surface area contributed by atoms with Gasteiger partial charge in [-0.05, 0) is 30.7 Å². The summed E-state index contributed by atoms with van der Waals surface area (Å²) in [6, 6.07) is 11.8. The number of aromatic nitrogens is 1. The van der Waals surface area contributed by atoms with Crippen molar-refractivity contribution in [2.45, 2.75) is 26.1 Å². The van der Waals surface area contributed by atoms with E-state index in [0.717, 1.165) is 45.3 Å². The Hall–Kier alpha value is -2.14. The molecule has 0 fully saturated rings. The number of hydrogen-bond acceptors (Lipinski definition) is 4. The Labute approximate surface area is 151 Å². The molecule has 5 heteroatoms. The van der Waals surface area contributed by atoms with Crippen LogP contribution in [0.4, 0.5) is 0 Å². The summed E-state index contributed by atoms with van der Waals surface area (Å²) in [4.78, 5) is 4.86. The Balaban J connectivity index is 1.98. The number of rotatable bonds is 3. The fraction of sp³-hybridized carbons (Fsp3) is 0.250. The van der Waals surface area contributed by atoms with Crippen molar-refractivity contribution in [3.05, 3.63) is 58.1 Å². The van der Waals surface area contributed by atoms with Crippen molar-refractivity contribution in [1.82, 2.24) is 4.98 Å². The minimum atomic E-state index is -0.103. The smallest absolute Gasteiger partial charge is 0.132 e. The largest absolute Gasteiger partial charge is 0.488 e. The second-order valence-corrected chi connectivity index (χ2v) is 6.86. The van der Waals surface area contributed by atoms with Crippen molar-refractivity contribution in [3.63, 3.8) is 0 Å². The Morgan fingerprint density at radius 2 is 2.16 bits per heavy atom. The zero-order valence-corrected chi connectivity index (χ0v) is 14.7. The molecule has 0 saturated heterocycles. The van der Waals surface area contributed by atoms with Crippen LogP contribution in [0.15, 0.2) is 36.4 Å². The van der Waals surface area contributed by atoms with Gasteiger partial charge >= 0.3 is 0 Å². The van der Waals surface area contributed by atoms with E-state index in [1.807, 2.05) is 43.3 Å². The first-order valence-corrected chi connectivity index (χ1v) is 8.68. The Bertz CT molecular complexity index is 972. The molecule has 0 saturated carbocycles. The molecule has 3 N–H and O–H groups in total. The van der Waals surface area contributed by atoms with E-state index in [9.17, 15) is 5.11 Å². The molecule has 0 aliphatic carbocycles. The maximum absolute atomic E-state index is 9.89. The van der Waals surface area contributed by atoms with Crippen molar-refractivity contribution in [2.24, 2.45) is 5.73 Å². The summed E-state index contributed by atoms with van der Waals surface area (Å²) in [7, 11) is 0. The lowest BCUT2D eigenvalue weighted by Crippen LogP contribution is -2.24.